The molecular formula is C15H23F3O. The van der Waals surface area contributed by atoms with Crippen molar-refractivity contribution < 1.29 is 18.3 Å². The van der Waals surface area contributed by atoms with E-state index >= 15 is 0 Å². The van der Waals surface area contributed by atoms with Gasteiger partial charge in [-0.2, -0.15) is 13.2 Å². The third-order valence-electron chi connectivity index (χ3n) is 5.81. The zero-order valence-electron chi connectivity index (χ0n) is 11.3. The zero-order chi connectivity index (χ0) is 13.7. The number of hydrogen-bond donors (Lipinski definition) is 1. The van der Waals surface area contributed by atoms with Crippen LogP contribution in [0, 0.1) is 23.7 Å². The van der Waals surface area contributed by atoms with E-state index < -0.39 is 17.7 Å². The number of aliphatic hydroxyl groups is 1. The lowest BCUT2D eigenvalue weighted by atomic mass is 9.71. The van der Waals surface area contributed by atoms with Gasteiger partial charge in [0.05, 0.1) is 11.5 Å². The largest absolute Gasteiger partial charge is 0.391 e. The molecule has 5 atom stereocenters. The van der Waals surface area contributed by atoms with Gasteiger partial charge in [0.2, 0.25) is 0 Å². The quantitative estimate of drug-likeness (QED) is 0.797. The highest BCUT2D eigenvalue weighted by Gasteiger charge is 2.49. The van der Waals surface area contributed by atoms with Crippen LogP contribution in [0.1, 0.15) is 57.8 Å². The molecule has 0 heterocycles. The molecule has 5 unspecified atom stereocenters. The molecule has 0 radical (unpaired) electrons. The lowest BCUT2D eigenvalue weighted by Gasteiger charge is -2.40. The Morgan fingerprint density at radius 1 is 1.11 bits per heavy atom. The number of rotatable bonds is 2. The Bertz CT molecular complexity index is 341. The van der Waals surface area contributed by atoms with Gasteiger partial charge < -0.3 is 5.11 Å². The summed E-state index contributed by atoms with van der Waals surface area (Å²) in [5.41, 5.74) is -1.05. The van der Waals surface area contributed by atoms with E-state index in [2.05, 4.69) is 0 Å². The van der Waals surface area contributed by atoms with Crippen molar-refractivity contribution in [1.29, 1.82) is 0 Å². The Labute approximate surface area is 112 Å². The van der Waals surface area contributed by atoms with Gasteiger partial charge in [0.25, 0.3) is 0 Å². The van der Waals surface area contributed by atoms with E-state index in [-0.39, 0.29) is 12.8 Å². The molecule has 0 amide bonds. The third-order valence-corrected chi connectivity index (χ3v) is 5.81. The van der Waals surface area contributed by atoms with Gasteiger partial charge in [-0.1, -0.05) is 6.42 Å². The van der Waals surface area contributed by atoms with Crippen LogP contribution in [0.25, 0.3) is 0 Å². The summed E-state index contributed by atoms with van der Waals surface area (Å²) in [7, 11) is 0. The summed E-state index contributed by atoms with van der Waals surface area (Å²) in [5, 5.41) is 10.6. The lowest BCUT2D eigenvalue weighted by molar-refractivity contribution is -0.202. The fraction of sp³-hybridized carbons (Fsp3) is 1.00. The van der Waals surface area contributed by atoms with Crippen molar-refractivity contribution in [3.8, 4) is 0 Å². The summed E-state index contributed by atoms with van der Waals surface area (Å²) in [5.74, 6) is 0.668. The molecule has 0 aromatic carbocycles. The Morgan fingerprint density at radius 2 is 1.89 bits per heavy atom. The molecule has 0 saturated heterocycles. The molecular weight excluding hydrogens is 253 g/mol. The molecule has 0 aromatic heterocycles. The van der Waals surface area contributed by atoms with Crippen molar-refractivity contribution in [2.24, 2.45) is 23.7 Å². The van der Waals surface area contributed by atoms with E-state index in [9.17, 15) is 18.3 Å². The maximum absolute atomic E-state index is 12.8. The number of halogens is 3. The molecule has 3 aliphatic rings. The van der Waals surface area contributed by atoms with Gasteiger partial charge in [-0.05, 0) is 69.1 Å². The normalized spacial score (nSPS) is 46.7. The molecule has 4 heteroatoms. The summed E-state index contributed by atoms with van der Waals surface area (Å²) < 4.78 is 38.5. The van der Waals surface area contributed by atoms with Crippen molar-refractivity contribution in [2.75, 3.05) is 0 Å². The van der Waals surface area contributed by atoms with E-state index in [0.29, 0.717) is 31.1 Å². The summed E-state index contributed by atoms with van der Waals surface area (Å²) in [6, 6.07) is 0. The monoisotopic (exact) mass is 276 g/mol. The first-order chi connectivity index (χ1) is 8.86. The van der Waals surface area contributed by atoms with Crippen molar-refractivity contribution in [1.82, 2.24) is 0 Å². The smallest absolute Gasteiger partial charge is 0.390 e. The minimum Gasteiger partial charge on any atom is -0.390 e. The van der Waals surface area contributed by atoms with Crippen LogP contribution in [0.5, 0.6) is 0 Å². The van der Waals surface area contributed by atoms with Gasteiger partial charge in [-0.3, -0.25) is 0 Å². The number of fused-ring (bicyclic) bond motifs is 2. The van der Waals surface area contributed by atoms with Gasteiger partial charge in [-0.25, -0.2) is 0 Å². The Kier molecular flexibility index (Phi) is 3.35. The van der Waals surface area contributed by atoms with Crippen LogP contribution in [0.15, 0.2) is 0 Å². The number of alkyl halides is 3. The average Bonchev–Trinajstić information content (AvgIpc) is 2.89. The van der Waals surface area contributed by atoms with E-state index in [4.69, 9.17) is 0 Å². The maximum Gasteiger partial charge on any atom is 0.391 e. The van der Waals surface area contributed by atoms with Crippen LogP contribution >= 0.6 is 0 Å². The van der Waals surface area contributed by atoms with Crippen molar-refractivity contribution in [3.05, 3.63) is 0 Å². The van der Waals surface area contributed by atoms with Crippen LogP contribution in [0.2, 0.25) is 0 Å². The van der Waals surface area contributed by atoms with Crippen LogP contribution in [0.3, 0.4) is 0 Å². The highest BCUT2D eigenvalue weighted by atomic mass is 19.4. The molecule has 3 saturated carbocycles. The summed E-state index contributed by atoms with van der Waals surface area (Å²) >= 11 is 0. The zero-order valence-corrected chi connectivity index (χ0v) is 11.3. The highest BCUT2D eigenvalue weighted by Crippen LogP contribution is 2.53. The topological polar surface area (TPSA) is 20.2 Å². The van der Waals surface area contributed by atoms with Gasteiger partial charge in [0, 0.05) is 0 Å². The summed E-state index contributed by atoms with van der Waals surface area (Å²) in [6.07, 6.45) is 2.61. The third kappa shape index (κ3) is 2.79. The summed E-state index contributed by atoms with van der Waals surface area (Å²) in [6.45, 7) is 0. The molecule has 3 fully saturated rings. The molecule has 1 nitrogen and oxygen atoms in total. The van der Waals surface area contributed by atoms with Crippen LogP contribution in [-0.4, -0.2) is 16.9 Å². The van der Waals surface area contributed by atoms with E-state index in [1.165, 1.54) is 19.3 Å². The molecule has 110 valence electrons. The molecule has 0 aliphatic heterocycles. The van der Waals surface area contributed by atoms with E-state index in [0.717, 1.165) is 12.3 Å². The Morgan fingerprint density at radius 3 is 2.47 bits per heavy atom. The molecule has 3 aliphatic carbocycles. The predicted octanol–water partition coefficient (Wildman–Crippen LogP) is 4.30. The Hall–Kier alpha value is -0.250. The molecule has 3 rings (SSSR count). The van der Waals surface area contributed by atoms with Crippen molar-refractivity contribution >= 4 is 0 Å². The summed E-state index contributed by atoms with van der Waals surface area (Å²) in [4.78, 5) is 0. The van der Waals surface area contributed by atoms with Gasteiger partial charge in [0.1, 0.15) is 0 Å². The minimum atomic E-state index is -4.14. The fourth-order valence-corrected chi connectivity index (χ4v) is 4.92. The molecule has 19 heavy (non-hydrogen) atoms. The minimum absolute atomic E-state index is 0.0651. The molecule has 0 aromatic rings. The van der Waals surface area contributed by atoms with E-state index in [1.807, 2.05) is 0 Å². The standard InChI is InChI=1S/C15H23F3O/c16-15(17,18)13-2-1-5-14(19,9-13)8-12-7-10-3-4-11(12)6-10/h10-13,19H,1-9H2. The lowest BCUT2D eigenvalue weighted by Crippen LogP contribution is -2.42. The first kappa shape index (κ1) is 13.7. The molecule has 2 bridgehead atoms. The first-order valence-electron chi connectivity index (χ1n) is 7.65. The Balaban J connectivity index is 1.62. The van der Waals surface area contributed by atoms with Crippen molar-refractivity contribution in [2.45, 2.75) is 69.6 Å². The van der Waals surface area contributed by atoms with Crippen molar-refractivity contribution in [3.63, 3.8) is 0 Å². The van der Waals surface area contributed by atoms with Crippen LogP contribution in [0.4, 0.5) is 13.2 Å². The first-order valence-corrected chi connectivity index (χ1v) is 7.65. The van der Waals surface area contributed by atoms with Crippen LogP contribution < -0.4 is 0 Å². The predicted molar refractivity (Wildman–Crippen MR) is 66.5 cm³/mol. The highest BCUT2D eigenvalue weighted by molar-refractivity contribution is 4.96. The molecule has 0 spiro atoms. The average molecular weight is 276 g/mol. The fourth-order valence-electron chi connectivity index (χ4n) is 4.92. The SMILES string of the molecule is OC1(CC2CC3CCC2C3)CCCC(C(F)(F)F)C1. The second kappa shape index (κ2) is 4.64. The number of hydrogen-bond acceptors (Lipinski definition) is 1. The van der Waals surface area contributed by atoms with Gasteiger partial charge >= 0.3 is 6.18 Å². The van der Waals surface area contributed by atoms with Gasteiger partial charge in [0.15, 0.2) is 0 Å². The maximum atomic E-state index is 12.8. The van der Waals surface area contributed by atoms with Crippen LogP contribution in [-0.2, 0) is 0 Å². The molecule has 1 N–H and O–H groups in total. The van der Waals surface area contributed by atoms with E-state index in [1.54, 1.807) is 0 Å². The second-order valence-electron chi connectivity index (χ2n) is 7.20. The second-order valence-corrected chi connectivity index (χ2v) is 7.20. The van der Waals surface area contributed by atoms with Gasteiger partial charge in [-0.15, -0.1) is 0 Å².